The summed E-state index contributed by atoms with van der Waals surface area (Å²) in [6.45, 7) is 4.09. The van der Waals surface area contributed by atoms with Crippen LogP contribution in [0.2, 0.25) is 0 Å². The standard InChI is InChI=1S/C14H21NO2/c1-9-8-11(14(15)6-5-7-14)10(2)13(17-4)12(9)16-3/h8H,5-7,15H2,1-4H3. The van der Waals surface area contributed by atoms with Gasteiger partial charge in [-0.3, -0.25) is 0 Å². The number of methoxy groups -OCH3 is 2. The van der Waals surface area contributed by atoms with Crippen LogP contribution in [-0.2, 0) is 5.54 Å². The van der Waals surface area contributed by atoms with Crippen molar-refractivity contribution in [2.45, 2.75) is 38.6 Å². The number of aryl methyl sites for hydroxylation is 1. The summed E-state index contributed by atoms with van der Waals surface area (Å²) in [6, 6.07) is 2.15. The minimum absolute atomic E-state index is 0.158. The fourth-order valence-electron chi connectivity index (χ4n) is 2.71. The maximum absolute atomic E-state index is 6.41. The number of hydrogen-bond acceptors (Lipinski definition) is 3. The Balaban J connectivity index is 2.58. The van der Waals surface area contributed by atoms with E-state index in [1.54, 1.807) is 14.2 Å². The molecule has 94 valence electrons. The SMILES string of the molecule is COc1c(C)cc(C2(N)CCC2)c(C)c1OC. The smallest absolute Gasteiger partial charge is 0.164 e. The summed E-state index contributed by atoms with van der Waals surface area (Å²) in [5.41, 5.74) is 9.65. The predicted molar refractivity (Wildman–Crippen MR) is 68.7 cm³/mol. The molecule has 1 aromatic rings. The number of ether oxygens (including phenoxy) is 2. The summed E-state index contributed by atoms with van der Waals surface area (Å²) in [5, 5.41) is 0. The molecule has 1 aliphatic carbocycles. The van der Waals surface area contributed by atoms with E-state index in [0.29, 0.717) is 0 Å². The van der Waals surface area contributed by atoms with Gasteiger partial charge >= 0.3 is 0 Å². The lowest BCUT2D eigenvalue weighted by Crippen LogP contribution is -2.44. The van der Waals surface area contributed by atoms with E-state index >= 15 is 0 Å². The molecule has 2 N–H and O–H groups in total. The van der Waals surface area contributed by atoms with Gasteiger partial charge in [-0.15, -0.1) is 0 Å². The van der Waals surface area contributed by atoms with Crippen LogP contribution in [0.25, 0.3) is 0 Å². The molecule has 0 spiro atoms. The van der Waals surface area contributed by atoms with Crippen molar-refractivity contribution in [1.29, 1.82) is 0 Å². The molecule has 0 radical (unpaired) electrons. The van der Waals surface area contributed by atoms with E-state index in [2.05, 4.69) is 13.0 Å². The minimum atomic E-state index is -0.158. The molecule has 1 saturated carbocycles. The Hall–Kier alpha value is -1.22. The molecule has 0 aromatic heterocycles. The van der Waals surface area contributed by atoms with Gasteiger partial charge in [-0.05, 0) is 49.8 Å². The molecule has 3 heteroatoms. The summed E-state index contributed by atoms with van der Waals surface area (Å²) >= 11 is 0. The van der Waals surface area contributed by atoms with Gasteiger partial charge in [0.2, 0.25) is 0 Å². The molecule has 0 amide bonds. The molecule has 1 fully saturated rings. The molecular weight excluding hydrogens is 214 g/mol. The molecule has 3 nitrogen and oxygen atoms in total. The molecular formula is C14H21NO2. The first-order chi connectivity index (χ1) is 8.03. The van der Waals surface area contributed by atoms with Crippen LogP contribution in [0.15, 0.2) is 6.07 Å². The Bertz CT molecular complexity index is 436. The average Bonchev–Trinajstić information content (AvgIpc) is 2.28. The highest BCUT2D eigenvalue weighted by Gasteiger charge is 2.37. The first-order valence-corrected chi connectivity index (χ1v) is 6.05. The second-order valence-electron chi connectivity index (χ2n) is 4.94. The maximum Gasteiger partial charge on any atom is 0.164 e. The summed E-state index contributed by atoms with van der Waals surface area (Å²) in [7, 11) is 3.35. The summed E-state index contributed by atoms with van der Waals surface area (Å²) < 4.78 is 10.9. The van der Waals surface area contributed by atoms with Gasteiger partial charge in [-0.25, -0.2) is 0 Å². The highest BCUT2D eigenvalue weighted by atomic mass is 16.5. The largest absolute Gasteiger partial charge is 0.493 e. The second kappa shape index (κ2) is 4.22. The third-order valence-corrected chi connectivity index (χ3v) is 3.86. The van der Waals surface area contributed by atoms with E-state index < -0.39 is 0 Å². The van der Waals surface area contributed by atoms with Gasteiger partial charge in [-0.1, -0.05) is 6.07 Å². The van der Waals surface area contributed by atoms with Gasteiger partial charge in [-0.2, -0.15) is 0 Å². The predicted octanol–water partition coefficient (Wildman–Crippen LogP) is 2.66. The zero-order valence-corrected chi connectivity index (χ0v) is 11.1. The number of nitrogens with two attached hydrogens (primary N) is 1. The fraction of sp³-hybridized carbons (Fsp3) is 0.571. The van der Waals surface area contributed by atoms with Crippen LogP contribution in [-0.4, -0.2) is 14.2 Å². The van der Waals surface area contributed by atoms with E-state index in [9.17, 15) is 0 Å². The molecule has 0 atom stereocenters. The monoisotopic (exact) mass is 235 g/mol. The molecule has 0 unspecified atom stereocenters. The third-order valence-electron chi connectivity index (χ3n) is 3.86. The number of hydrogen-bond donors (Lipinski definition) is 1. The van der Waals surface area contributed by atoms with Crippen molar-refractivity contribution in [2.75, 3.05) is 14.2 Å². The van der Waals surface area contributed by atoms with Crippen molar-refractivity contribution in [2.24, 2.45) is 5.73 Å². The lowest BCUT2D eigenvalue weighted by Gasteiger charge is -2.40. The highest BCUT2D eigenvalue weighted by molar-refractivity contribution is 5.56. The van der Waals surface area contributed by atoms with Crippen LogP contribution >= 0.6 is 0 Å². The van der Waals surface area contributed by atoms with Crippen molar-refractivity contribution in [3.63, 3.8) is 0 Å². The first-order valence-electron chi connectivity index (χ1n) is 6.05. The van der Waals surface area contributed by atoms with Gasteiger partial charge in [0.15, 0.2) is 11.5 Å². The minimum Gasteiger partial charge on any atom is -0.493 e. The zero-order chi connectivity index (χ0) is 12.6. The number of benzene rings is 1. The Labute approximate surface area is 103 Å². The van der Waals surface area contributed by atoms with Crippen molar-refractivity contribution in [3.8, 4) is 11.5 Å². The molecule has 0 bridgehead atoms. The Morgan fingerprint density at radius 1 is 1.12 bits per heavy atom. The van der Waals surface area contributed by atoms with Gasteiger partial charge in [0.1, 0.15) is 0 Å². The number of rotatable bonds is 3. The first kappa shape index (κ1) is 12.2. The van der Waals surface area contributed by atoms with E-state index in [1.165, 1.54) is 12.0 Å². The van der Waals surface area contributed by atoms with Crippen molar-refractivity contribution >= 4 is 0 Å². The lowest BCUT2D eigenvalue weighted by atomic mass is 9.71. The molecule has 0 aliphatic heterocycles. The molecule has 1 aromatic carbocycles. The summed E-state index contributed by atoms with van der Waals surface area (Å²) in [4.78, 5) is 0. The van der Waals surface area contributed by atoms with Gasteiger partial charge in [0.25, 0.3) is 0 Å². The van der Waals surface area contributed by atoms with Crippen LogP contribution in [0, 0.1) is 13.8 Å². The summed E-state index contributed by atoms with van der Waals surface area (Å²) in [6.07, 6.45) is 3.33. The Kier molecular flexibility index (Phi) is 3.04. The van der Waals surface area contributed by atoms with E-state index in [1.807, 2.05) is 6.92 Å². The van der Waals surface area contributed by atoms with Gasteiger partial charge < -0.3 is 15.2 Å². The normalized spacial score (nSPS) is 17.5. The van der Waals surface area contributed by atoms with E-state index in [-0.39, 0.29) is 5.54 Å². The van der Waals surface area contributed by atoms with Crippen LogP contribution < -0.4 is 15.2 Å². The average molecular weight is 235 g/mol. The van der Waals surface area contributed by atoms with Crippen LogP contribution in [0.4, 0.5) is 0 Å². The molecule has 17 heavy (non-hydrogen) atoms. The van der Waals surface area contributed by atoms with E-state index in [4.69, 9.17) is 15.2 Å². The quantitative estimate of drug-likeness (QED) is 0.876. The molecule has 2 rings (SSSR count). The Morgan fingerprint density at radius 3 is 2.12 bits per heavy atom. The highest BCUT2D eigenvalue weighted by Crippen LogP contribution is 2.45. The lowest BCUT2D eigenvalue weighted by molar-refractivity contribution is 0.250. The van der Waals surface area contributed by atoms with Crippen LogP contribution in [0.1, 0.15) is 36.0 Å². The van der Waals surface area contributed by atoms with Gasteiger partial charge in [0.05, 0.1) is 14.2 Å². The fourth-order valence-corrected chi connectivity index (χ4v) is 2.71. The Morgan fingerprint density at radius 2 is 1.71 bits per heavy atom. The van der Waals surface area contributed by atoms with Crippen molar-refractivity contribution in [1.82, 2.24) is 0 Å². The van der Waals surface area contributed by atoms with Gasteiger partial charge in [0, 0.05) is 5.54 Å². The molecule has 1 aliphatic rings. The topological polar surface area (TPSA) is 44.5 Å². The molecule has 0 heterocycles. The van der Waals surface area contributed by atoms with Crippen molar-refractivity contribution in [3.05, 3.63) is 22.8 Å². The maximum atomic E-state index is 6.41. The van der Waals surface area contributed by atoms with E-state index in [0.717, 1.165) is 35.5 Å². The van der Waals surface area contributed by atoms with Crippen LogP contribution in [0.3, 0.4) is 0 Å². The second-order valence-corrected chi connectivity index (χ2v) is 4.94. The zero-order valence-electron chi connectivity index (χ0n) is 11.1. The summed E-state index contributed by atoms with van der Waals surface area (Å²) in [5.74, 6) is 1.64. The van der Waals surface area contributed by atoms with Crippen LogP contribution in [0.5, 0.6) is 11.5 Å². The van der Waals surface area contributed by atoms with Crippen molar-refractivity contribution < 1.29 is 9.47 Å². The molecule has 0 saturated heterocycles. The third kappa shape index (κ3) is 1.78.